The predicted molar refractivity (Wildman–Crippen MR) is 84.1 cm³/mol. The molecule has 0 spiro atoms. The number of nitrogens with zero attached hydrogens (tertiary/aromatic N) is 1. The quantitative estimate of drug-likeness (QED) is 0.840. The standard InChI is InChI=1S/C16H18ClFN2O3/c1-10(9-22-14-6-4-3-5-13(14)18)19-15(21)8-7-12-11(2)20-23-16(12)17/h3-6,10H,7-9H2,1-2H3,(H,19,21)/t10-/m1/s1. The molecule has 1 atom stereocenters. The van der Waals surface area contributed by atoms with Gasteiger partial charge in [0.25, 0.3) is 0 Å². The molecule has 0 aliphatic heterocycles. The molecule has 0 radical (unpaired) electrons. The van der Waals surface area contributed by atoms with Crippen LogP contribution >= 0.6 is 11.6 Å². The minimum atomic E-state index is -0.427. The Hall–Kier alpha value is -2.08. The average molecular weight is 341 g/mol. The zero-order chi connectivity index (χ0) is 16.8. The number of para-hydroxylation sites is 1. The van der Waals surface area contributed by atoms with E-state index in [4.69, 9.17) is 20.9 Å². The summed E-state index contributed by atoms with van der Waals surface area (Å²) in [5, 5.41) is 6.74. The monoisotopic (exact) mass is 340 g/mol. The molecule has 0 fully saturated rings. The van der Waals surface area contributed by atoms with Crippen molar-refractivity contribution in [2.75, 3.05) is 6.61 Å². The highest BCUT2D eigenvalue weighted by molar-refractivity contribution is 6.29. The summed E-state index contributed by atoms with van der Waals surface area (Å²) >= 11 is 5.85. The van der Waals surface area contributed by atoms with Gasteiger partial charge < -0.3 is 14.6 Å². The normalized spacial score (nSPS) is 12.0. The van der Waals surface area contributed by atoms with Crippen LogP contribution in [0.2, 0.25) is 5.22 Å². The lowest BCUT2D eigenvalue weighted by Crippen LogP contribution is -2.37. The van der Waals surface area contributed by atoms with Crippen molar-refractivity contribution in [2.24, 2.45) is 0 Å². The van der Waals surface area contributed by atoms with E-state index in [1.807, 2.05) is 0 Å². The molecular weight excluding hydrogens is 323 g/mol. The molecule has 124 valence electrons. The van der Waals surface area contributed by atoms with Crippen molar-refractivity contribution >= 4 is 17.5 Å². The Kier molecular flexibility index (Phi) is 5.98. The van der Waals surface area contributed by atoms with E-state index >= 15 is 0 Å². The van der Waals surface area contributed by atoms with Crippen molar-refractivity contribution in [2.45, 2.75) is 32.7 Å². The van der Waals surface area contributed by atoms with Crippen LogP contribution < -0.4 is 10.1 Å². The third kappa shape index (κ3) is 4.96. The first-order valence-corrected chi connectivity index (χ1v) is 7.62. The Balaban J connectivity index is 1.75. The highest BCUT2D eigenvalue weighted by atomic mass is 35.5. The fourth-order valence-corrected chi connectivity index (χ4v) is 2.31. The third-order valence-corrected chi connectivity index (χ3v) is 3.57. The summed E-state index contributed by atoms with van der Waals surface area (Å²) in [5.74, 6) is -0.407. The Morgan fingerprint density at radius 1 is 1.48 bits per heavy atom. The zero-order valence-corrected chi connectivity index (χ0v) is 13.7. The van der Waals surface area contributed by atoms with E-state index in [0.717, 1.165) is 5.56 Å². The number of hydrogen-bond donors (Lipinski definition) is 1. The minimum Gasteiger partial charge on any atom is -0.488 e. The molecule has 0 bridgehead atoms. The number of nitrogens with one attached hydrogen (secondary N) is 1. The van der Waals surface area contributed by atoms with Gasteiger partial charge in [0.2, 0.25) is 11.1 Å². The molecule has 0 saturated heterocycles. The SMILES string of the molecule is Cc1noc(Cl)c1CCC(=O)N[C@H](C)COc1ccccc1F. The second-order valence-corrected chi connectivity index (χ2v) is 5.57. The maximum Gasteiger partial charge on any atom is 0.229 e. The van der Waals surface area contributed by atoms with Crippen LogP contribution in [0.3, 0.4) is 0 Å². The topological polar surface area (TPSA) is 64.4 Å². The van der Waals surface area contributed by atoms with E-state index < -0.39 is 5.82 Å². The molecule has 5 nitrogen and oxygen atoms in total. The molecule has 2 rings (SSSR count). The van der Waals surface area contributed by atoms with Crippen LogP contribution in [0.1, 0.15) is 24.6 Å². The Morgan fingerprint density at radius 2 is 2.22 bits per heavy atom. The van der Waals surface area contributed by atoms with Gasteiger partial charge >= 0.3 is 0 Å². The lowest BCUT2D eigenvalue weighted by Gasteiger charge is -2.15. The number of rotatable bonds is 7. The van der Waals surface area contributed by atoms with Gasteiger partial charge in [0.1, 0.15) is 6.61 Å². The highest BCUT2D eigenvalue weighted by Crippen LogP contribution is 2.20. The molecule has 2 aromatic rings. The van der Waals surface area contributed by atoms with Crippen LogP contribution in [-0.2, 0) is 11.2 Å². The molecule has 1 amide bonds. The van der Waals surface area contributed by atoms with Crippen LogP contribution in [0.25, 0.3) is 0 Å². The van der Waals surface area contributed by atoms with E-state index in [2.05, 4.69) is 10.5 Å². The summed E-state index contributed by atoms with van der Waals surface area (Å²) in [6, 6.07) is 5.89. The van der Waals surface area contributed by atoms with Crippen molar-refractivity contribution in [1.29, 1.82) is 0 Å². The predicted octanol–water partition coefficient (Wildman–Crippen LogP) is 3.29. The molecular formula is C16H18ClFN2O3. The number of hydrogen-bond acceptors (Lipinski definition) is 4. The summed E-state index contributed by atoms with van der Waals surface area (Å²) in [7, 11) is 0. The first kappa shape index (κ1) is 17.3. The highest BCUT2D eigenvalue weighted by Gasteiger charge is 2.14. The molecule has 0 aliphatic rings. The minimum absolute atomic E-state index is 0.147. The first-order valence-electron chi connectivity index (χ1n) is 7.24. The number of benzene rings is 1. The summed E-state index contributed by atoms with van der Waals surface area (Å²) in [4.78, 5) is 11.9. The molecule has 1 aromatic carbocycles. The zero-order valence-electron chi connectivity index (χ0n) is 12.9. The smallest absolute Gasteiger partial charge is 0.229 e. The van der Waals surface area contributed by atoms with E-state index in [1.54, 1.807) is 32.0 Å². The maximum atomic E-state index is 13.4. The van der Waals surface area contributed by atoms with Crippen molar-refractivity contribution in [3.05, 3.63) is 46.6 Å². The van der Waals surface area contributed by atoms with Crippen LogP contribution in [-0.4, -0.2) is 23.7 Å². The van der Waals surface area contributed by atoms with Gasteiger partial charge in [-0.2, -0.15) is 0 Å². The molecule has 0 unspecified atom stereocenters. The van der Waals surface area contributed by atoms with Crippen LogP contribution in [0.4, 0.5) is 4.39 Å². The first-order chi connectivity index (χ1) is 11.0. The van der Waals surface area contributed by atoms with Crippen molar-refractivity contribution in [3.8, 4) is 5.75 Å². The molecule has 0 saturated carbocycles. The lowest BCUT2D eigenvalue weighted by molar-refractivity contribution is -0.121. The van der Waals surface area contributed by atoms with E-state index in [-0.39, 0.29) is 35.9 Å². The van der Waals surface area contributed by atoms with Gasteiger partial charge in [-0.05, 0) is 44.0 Å². The molecule has 1 heterocycles. The number of amides is 1. The van der Waals surface area contributed by atoms with Gasteiger partial charge in [-0.1, -0.05) is 17.3 Å². The average Bonchev–Trinajstić information content (AvgIpc) is 2.83. The maximum absolute atomic E-state index is 13.4. The van der Waals surface area contributed by atoms with Gasteiger partial charge in [-0.15, -0.1) is 0 Å². The van der Waals surface area contributed by atoms with Crippen LogP contribution in [0.15, 0.2) is 28.8 Å². The van der Waals surface area contributed by atoms with Gasteiger partial charge in [0.05, 0.1) is 11.7 Å². The Morgan fingerprint density at radius 3 is 2.87 bits per heavy atom. The molecule has 0 aliphatic carbocycles. The summed E-state index contributed by atoms with van der Waals surface area (Å²) in [6.45, 7) is 3.74. The van der Waals surface area contributed by atoms with Gasteiger partial charge in [0, 0.05) is 12.0 Å². The molecule has 23 heavy (non-hydrogen) atoms. The fraction of sp³-hybridized carbons (Fsp3) is 0.375. The largest absolute Gasteiger partial charge is 0.488 e. The fourth-order valence-electron chi connectivity index (χ4n) is 2.04. The van der Waals surface area contributed by atoms with Gasteiger partial charge in [0.15, 0.2) is 11.6 Å². The van der Waals surface area contributed by atoms with Crippen LogP contribution in [0, 0.1) is 12.7 Å². The van der Waals surface area contributed by atoms with Gasteiger partial charge in [-0.3, -0.25) is 4.79 Å². The second-order valence-electron chi connectivity index (χ2n) is 5.23. The van der Waals surface area contributed by atoms with Gasteiger partial charge in [-0.25, -0.2) is 4.39 Å². The summed E-state index contributed by atoms with van der Waals surface area (Å²) < 4.78 is 23.6. The third-order valence-electron chi connectivity index (χ3n) is 3.27. The Labute approximate surface area is 138 Å². The number of aryl methyl sites for hydroxylation is 1. The number of halogens is 2. The Bertz CT molecular complexity index is 656. The van der Waals surface area contributed by atoms with Crippen molar-refractivity contribution < 1.29 is 18.4 Å². The number of aromatic nitrogens is 1. The number of carbonyl (C=O) groups is 1. The van der Waals surface area contributed by atoms with Crippen molar-refractivity contribution in [3.63, 3.8) is 0 Å². The van der Waals surface area contributed by atoms with E-state index in [9.17, 15) is 9.18 Å². The molecule has 7 heteroatoms. The van der Waals surface area contributed by atoms with Crippen molar-refractivity contribution in [1.82, 2.24) is 10.5 Å². The lowest BCUT2D eigenvalue weighted by atomic mass is 10.1. The molecule has 1 N–H and O–H groups in total. The van der Waals surface area contributed by atoms with Crippen LogP contribution in [0.5, 0.6) is 5.75 Å². The summed E-state index contributed by atoms with van der Waals surface area (Å²) in [6.07, 6.45) is 0.701. The number of ether oxygens (including phenoxy) is 1. The van der Waals surface area contributed by atoms with E-state index in [0.29, 0.717) is 12.1 Å². The molecule has 1 aromatic heterocycles. The number of carbonyl (C=O) groups excluding carboxylic acids is 1. The van der Waals surface area contributed by atoms with E-state index in [1.165, 1.54) is 6.07 Å². The second kappa shape index (κ2) is 7.97. The summed E-state index contributed by atoms with van der Waals surface area (Å²) in [5.41, 5.74) is 1.41.